The van der Waals surface area contributed by atoms with E-state index in [1.165, 1.54) is 0 Å². The van der Waals surface area contributed by atoms with E-state index in [2.05, 4.69) is 13.8 Å². The maximum Gasteiger partial charge on any atom is 0.339 e. The van der Waals surface area contributed by atoms with Crippen LogP contribution >= 0.6 is 0 Å². The van der Waals surface area contributed by atoms with E-state index >= 15 is 0 Å². The van der Waals surface area contributed by atoms with Crippen molar-refractivity contribution in [1.29, 1.82) is 0 Å². The number of benzene rings is 1. The molecule has 3 atom stereocenters. The topological polar surface area (TPSA) is 72.5 Å². The Morgan fingerprint density at radius 1 is 0.828 bits per heavy atom. The summed E-state index contributed by atoms with van der Waals surface area (Å²) >= 11 is 0. The molecule has 0 N–H and O–H groups in total. The van der Waals surface area contributed by atoms with Crippen molar-refractivity contribution in [2.75, 3.05) is 13.2 Å². The smallest absolute Gasteiger partial charge is 0.339 e. The van der Waals surface area contributed by atoms with Crippen molar-refractivity contribution < 1.29 is 24.2 Å². The summed E-state index contributed by atoms with van der Waals surface area (Å²) in [5.74, 6) is -0.519. The van der Waals surface area contributed by atoms with Crippen molar-refractivity contribution in [1.82, 2.24) is 0 Å². The number of ether oxygens (including phenoxy) is 2. The summed E-state index contributed by atoms with van der Waals surface area (Å²) in [6.07, 6.45) is 5.74. The molecule has 0 saturated heterocycles. The highest BCUT2D eigenvalue weighted by molar-refractivity contribution is 6.03. The minimum Gasteiger partial charge on any atom is -0.462 e. The molecule has 1 rings (SSSR count). The molecule has 3 unspecified atom stereocenters. The lowest BCUT2D eigenvalue weighted by molar-refractivity contribution is 0.0366. The van der Waals surface area contributed by atoms with Crippen LogP contribution in [0.5, 0.6) is 0 Å². The minimum atomic E-state index is -0.612. The first kappa shape index (κ1) is 25.2. The summed E-state index contributed by atoms with van der Waals surface area (Å²) in [6, 6.07) is 6.61. The number of rotatable bonds is 14. The number of carbonyl (C=O) groups excluding carboxylic acids is 2. The van der Waals surface area contributed by atoms with Gasteiger partial charge in [-0.3, -0.25) is 0 Å². The molecule has 0 aliphatic heterocycles. The lowest BCUT2D eigenvalue weighted by Crippen LogP contribution is -2.19. The van der Waals surface area contributed by atoms with Crippen molar-refractivity contribution >= 4 is 11.9 Å². The van der Waals surface area contributed by atoms with E-state index < -0.39 is 18.0 Å². The van der Waals surface area contributed by atoms with Crippen LogP contribution in [0.3, 0.4) is 0 Å². The van der Waals surface area contributed by atoms with Crippen molar-refractivity contribution in [3.05, 3.63) is 35.4 Å². The van der Waals surface area contributed by atoms with Gasteiger partial charge < -0.3 is 9.47 Å². The van der Waals surface area contributed by atoms with E-state index in [1.807, 2.05) is 6.92 Å². The van der Waals surface area contributed by atoms with Gasteiger partial charge in [-0.05, 0) is 50.2 Å². The lowest BCUT2D eigenvalue weighted by Gasteiger charge is -2.17. The molecule has 0 aliphatic carbocycles. The molecular weight excluding hydrogens is 368 g/mol. The normalized spacial score (nSPS) is 14.1. The second-order valence-electron chi connectivity index (χ2n) is 7.82. The summed E-state index contributed by atoms with van der Waals surface area (Å²) < 4.78 is 11.0. The fraction of sp³-hybridized carbons (Fsp3) is 0.667. The maximum atomic E-state index is 12.6. The zero-order valence-electron chi connectivity index (χ0n) is 18.4. The van der Waals surface area contributed by atoms with Gasteiger partial charge in [0.25, 0.3) is 0 Å². The molecule has 0 aromatic heterocycles. The zero-order valence-corrected chi connectivity index (χ0v) is 18.4. The highest BCUT2D eigenvalue weighted by Gasteiger charge is 2.21. The number of unbranched alkanes of at least 4 members (excludes halogenated alkanes) is 1. The van der Waals surface area contributed by atoms with Crippen LogP contribution in [0.25, 0.3) is 0 Å². The van der Waals surface area contributed by atoms with Crippen LogP contribution in [-0.2, 0) is 14.6 Å². The van der Waals surface area contributed by atoms with Crippen LogP contribution in [0.15, 0.2) is 24.3 Å². The fourth-order valence-corrected chi connectivity index (χ4v) is 3.16. The zero-order chi connectivity index (χ0) is 21.6. The monoisotopic (exact) mass is 405 g/mol. The van der Waals surface area contributed by atoms with E-state index in [-0.39, 0.29) is 23.7 Å². The quantitative estimate of drug-likeness (QED) is 0.364. The third-order valence-electron chi connectivity index (χ3n) is 5.37. The highest BCUT2D eigenvalue weighted by Crippen LogP contribution is 2.18. The lowest BCUT2D eigenvalue weighted by atomic mass is 9.99. The number of carbonyl (C=O) groups is 2. The van der Waals surface area contributed by atoms with Crippen molar-refractivity contribution in [2.24, 2.45) is 11.8 Å². The molecule has 0 saturated carbocycles. The van der Waals surface area contributed by atoms with Gasteiger partial charge in [-0.1, -0.05) is 58.6 Å². The van der Waals surface area contributed by atoms with Crippen molar-refractivity contribution in [3.8, 4) is 0 Å². The van der Waals surface area contributed by atoms with E-state index in [4.69, 9.17) is 9.47 Å². The fourth-order valence-electron chi connectivity index (χ4n) is 3.16. The average Bonchev–Trinajstić information content (AvgIpc) is 2.73. The van der Waals surface area contributed by atoms with Crippen LogP contribution in [0, 0.1) is 11.8 Å². The molecule has 29 heavy (non-hydrogen) atoms. The van der Waals surface area contributed by atoms with Crippen LogP contribution in [0.2, 0.25) is 0 Å². The van der Waals surface area contributed by atoms with E-state index in [1.54, 1.807) is 31.2 Å². The molecular formula is C24H37O5. The Labute approximate surface area is 175 Å². The van der Waals surface area contributed by atoms with Crippen LogP contribution in [-0.4, -0.2) is 31.3 Å². The Balaban J connectivity index is 2.69. The van der Waals surface area contributed by atoms with Crippen LogP contribution in [0.4, 0.5) is 0 Å². The molecule has 5 nitrogen and oxygen atoms in total. The number of esters is 2. The molecule has 0 spiro atoms. The molecule has 1 aromatic carbocycles. The molecule has 1 radical (unpaired) electrons. The van der Waals surface area contributed by atoms with Gasteiger partial charge in [-0.15, -0.1) is 0 Å². The first-order chi connectivity index (χ1) is 13.9. The SMILES string of the molecule is CCCCC(CC)COC(=O)c1ccccc1C(=O)OCC(CC)CCC(C)[O]. The van der Waals surface area contributed by atoms with Gasteiger partial charge in [0.15, 0.2) is 0 Å². The molecule has 0 aliphatic rings. The molecule has 5 heteroatoms. The Morgan fingerprint density at radius 3 is 1.72 bits per heavy atom. The summed E-state index contributed by atoms with van der Waals surface area (Å²) in [6.45, 7) is 8.51. The van der Waals surface area contributed by atoms with E-state index in [0.29, 0.717) is 18.9 Å². The van der Waals surface area contributed by atoms with Crippen LogP contribution in [0.1, 0.15) is 93.4 Å². The second-order valence-corrected chi connectivity index (χ2v) is 7.82. The first-order valence-electron chi connectivity index (χ1n) is 11.0. The largest absolute Gasteiger partial charge is 0.462 e. The van der Waals surface area contributed by atoms with Gasteiger partial charge in [0, 0.05) is 0 Å². The van der Waals surface area contributed by atoms with Gasteiger partial charge >= 0.3 is 11.9 Å². The molecule has 0 heterocycles. The molecule has 1 aromatic rings. The molecule has 0 fully saturated rings. The third kappa shape index (κ3) is 9.44. The molecule has 163 valence electrons. The Hall–Kier alpha value is -1.88. The highest BCUT2D eigenvalue weighted by atomic mass is 16.5. The summed E-state index contributed by atoms with van der Waals surface area (Å²) in [7, 11) is 0. The predicted molar refractivity (Wildman–Crippen MR) is 113 cm³/mol. The summed E-state index contributed by atoms with van der Waals surface area (Å²) in [5, 5.41) is 11.3. The molecule has 0 amide bonds. The average molecular weight is 406 g/mol. The van der Waals surface area contributed by atoms with Crippen LogP contribution < -0.4 is 0 Å². The Bertz CT molecular complexity index is 611. The van der Waals surface area contributed by atoms with Crippen molar-refractivity contribution in [3.63, 3.8) is 0 Å². The third-order valence-corrected chi connectivity index (χ3v) is 5.37. The minimum absolute atomic E-state index is 0.151. The standard InChI is InChI=1S/C24H37O5/c1-5-8-11-19(6-2)16-28-23(26)21-12-9-10-13-22(21)24(27)29-17-20(7-3)15-14-18(4)25/h9-10,12-13,18-20H,5-8,11,14-17H2,1-4H3. The summed E-state index contributed by atoms with van der Waals surface area (Å²) in [4.78, 5) is 25.1. The predicted octanol–water partition coefficient (Wildman–Crippen LogP) is 5.84. The van der Waals surface area contributed by atoms with Gasteiger partial charge in [0.1, 0.15) is 0 Å². The van der Waals surface area contributed by atoms with E-state index in [9.17, 15) is 14.7 Å². The van der Waals surface area contributed by atoms with Crippen molar-refractivity contribution in [2.45, 2.75) is 78.7 Å². The number of hydrogen-bond donors (Lipinski definition) is 0. The van der Waals surface area contributed by atoms with Gasteiger partial charge in [0.05, 0.1) is 30.4 Å². The van der Waals surface area contributed by atoms with Gasteiger partial charge in [-0.2, -0.15) is 0 Å². The van der Waals surface area contributed by atoms with E-state index in [0.717, 1.165) is 38.5 Å². The van der Waals surface area contributed by atoms with Gasteiger partial charge in [-0.25, -0.2) is 14.7 Å². The summed E-state index contributed by atoms with van der Waals surface area (Å²) in [5.41, 5.74) is 0.468. The number of hydrogen-bond acceptors (Lipinski definition) is 4. The maximum absolute atomic E-state index is 12.6. The second kappa shape index (κ2) is 14.2. The molecule has 0 bridgehead atoms. The Morgan fingerprint density at radius 2 is 1.31 bits per heavy atom. The Kier molecular flexibility index (Phi) is 12.3. The first-order valence-corrected chi connectivity index (χ1v) is 11.0. The van der Waals surface area contributed by atoms with Gasteiger partial charge in [0.2, 0.25) is 0 Å².